The van der Waals surface area contributed by atoms with Gasteiger partial charge >= 0.3 is 5.97 Å². The van der Waals surface area contributed by atoms with Gasteiger partial charge in [-0.3, -0.25) is 4.79 Å². The molecule has 0 aromatic carbocycles. The number of rotatable bonds is 1. The van der Waals surface area contributed by atoms with Crippen LogP contribution in [-0.2, 0) is 4.79 Å². The molecule has 0 radical (unpaired) electrons. The molecule has 2 nitrogen and oxygen atoms in total. The van der Waals surface area contributed by atoms with Crippen LogP contribution in [0, 0.1) is 0 Å². The second-order valence-corrected chi connectivity index (χ2v) is 3.51. The minimum absolute atomic E-state index is 0.306. The van der Waals surface area contributed by atoms with E-state index in [-0.39, 0.29) is 5.25 Å². The molecule has 1 heterocycles. The van der Waals surface area contributed by atoms with E-state index in [0.29, 0.717) is 5.25 Å². The molecule has 9 heavy (non-hydrogen) atoms. The Hall–Kier alpha value is -0.440. The van der Waals surface area contributed by atoms with E-state index in [2.05, 4.69) is 0 Å². The van der Waals surface area contributed by atoms with E-state index in [1.165, 1.54) is 11.8 Å². The first kappa shape index (κ1) is 6.68. The zero-order chi connectivity index (χ0) is 6.85. The van der Waals surface area contributed by atoms with Gasteiger partial charge in [0.25, 0.3) is 0 Å². The highest BCUT2D eigenvalue weighted by molar-refractivity contribution is 8.01. The quantitative estimate of drug-likeness (QED) is 0.560. The molecule has 0 saturated carbocycles. The predicted molar refractivity (Wildman–Crippen MR) is 37.6 cm³/mol. The Morgan fingerprint density at radius 3 is 2.56 bits per heavy atom. The van der Waals surface area contributed by atoms with Crippen LogP contribution in [0.5, 0.6) is 0 Å². The Morgan fingerprint density at radius 1 is 1.67 bits per heavy atom. The zero-order valence-electron chi connectivity index (χ0n) is 5.07. The van der Waals surface area contributed by atoms with Gasteiger partial charge in [-0.1, -0.05) is 12.2 Å². The summed E-state index contributed by atoms with van der Waals surface area (Å²) in [6.07, 6.45) is 3.65. The fourth-order valence-electron chi connectivity index (χ4n) is 0.720. The monoisotopic (exact) mass is 144 g/mol. The maximum absolute atomic E-state index is 10.3. The highest BCUT2D eigenvalue weighted by Gasteiger charge is 2.21. The third-order valence-corrected chi connectivity index (χ3v) is 2.40. The minimum Gasteiger partial charge on any atom is -0.480 e. The van der Waals surface area contributed by atoms with Crippen molar-refractivity contribution in [1.82, 2.24) is 0 Å². The third-order valence-electron chi connectivity index (χ3n) is 1.16. The first-order valence-corrected chi connectivity index (χ1v) is 3.71. The van der Waals surface area contributed by atoms with Crippen LogP contribution in [0.15, 0.2) is 12.2 Å². The van der Waals surface area contributed by atoms with E-state index in [9.17, 15) is 4.79 Å². The molecule has 0 bridgehead atoms. The van der Waals surface area contributed by atoms with Gasteiger partial charge in [0.05, 0.1) is 0 Å². The van der Waals surface area contributed by atoms with Crippen LogP contribution in [0.4, 0.5) is 0 Å². The second-order valence-electron chi connectivity index (χ2n) is 1.98. The molecule has 2 atom stereocenters. The number of carbonyl (C=O) groups is 1. The minimum atomic E-state index is -0.736. The van der Waals surface area contributed by atoms with Gasteiger partial charge in [-0.2, -0.15) is 0 Å². The van der Waals surface area contributed by atoms with E-state index in [0.717, 1.165) is 0 Å². The van der Waals surface area contributed by atoms with Crippen LogP contribution < -0.4 is 0 Å². The Bertz CT molecular complexity index is 153. The van der Waals surface area contributed by atoms with Crippen LogP contribution in [-0.4, -0.2) is 21.6 Å². The Kier molecular flexibility index (Phi) is 1.81. The lowest BCUT2D eigenvalue weighted by atomic mass is 10.3. The summed E-state index contributed by atoms with van der Waals surface area (Å²) in [5, 5.41) is 8.52. The normalized spacial score (nSPS) is 33.0. The van der Waals surface area contributed by atoms with Crippen molar-refractivity contribution in [3.63, 3.8) is 0 Å². The Morgan fingerprint density at radius 2 is 2.33 bits per heavy atom. The first-order chi connectivity index (χ1) is 4.20. The van der Waals surface area contributed by atoms with Gasteiger partial charge in [0.1, 0.15) is 5.25 Å². The SMILES string of the molecule is C[C@H]1C=C[C@@H](C(=O)O)S1. The van der Waals surface area contributed by atoms with Crippen LogP contribution in [0.2, 0.25) is 0 Å². The lowest BCUT2D eigenvalue weighted by Gasteiger charge is -2.00. The maximum Gasteiger partial charge on any atom is 0.320 e. The molecular formula is C6H8O2S. The smallest absolute Gasteiger partial charge is 0.320 e. The molecule has 0 aliphatic carbocycles. The number of thioether (sulfide) groups is 1. The number of carboxylic acid groups (broad SMARTS) is 1. The molecule has 0 aromatic rings. The van der Waals surface area contributed by atoms with Gasteiger partial charge in [0, 0.05) is 5.25 Å². The van der Waals surface area contributed by atoms with Gasteiger partial charge in [0.15, 0.2) is 0 Å². The summed E-state index contributed by atoms with van der Waals surface area (Å²) in [7, 11) is 0. The summed E-state index contributed by atoms with van der Waals surface area (Å²) < 4.78 is 0. The summed E-state index contributed by atoms with van der Waals surface area (Å²) in [5.74, 6) is -0.736. The van der Waals surface area contributed by atoms with Crippen LogP contribution in [0.1, 0.15) is 6.92 Å². The number of hydrogen-bond acceptors (Lipinski definition) is 2. The van der Waals surface area contributed by atoms with Gasteiger partial charge < -0.3 is 5.11 Å². The molecule has 3 heteroatoms. The van der Waals surface area contributed by atoms with Crippen molar-refractivity contribution in [3.05, 3.63) is 12.2 Å². The van der Waals surface area contributed by atoms with E-state index >= 15 is 0 Å². The van der Waals surface area contributed by atoms with Gasteiger partial charge in [-0.15, -0.1) is 11.8 Å². The molecule has 0 aromatic heterocycles. The highest BCUT2D eigenvalue weighted by Crippen LogP contribution is 2.26. The molecule has 0 amide bonds. The molecule has 1 aliphatic heterocycles. The Labute approximate surface area is 57.9 Å². The summed E-state index contributed by atoms with van der Waals surface area (Å²) in [5.41, 5.74) is 0. The number of hydrogen-bond donors (Lipinski definition) is 1. The van der Waals surface area contributed by atoms with E-state index in [1.807, 2.05) is 13.0 Å². The predicted octanol–water partition coefficient (Wildman–Crippen LogP) is 1.13. The van der Waals surface area contributed by atoms with Crippen molar-refractivity contribution in [2.45, 2.75) is 17.4 Å². The maximum atomic E-state index is 10.3. The first-order valence-electron chi connectivity index (χ1n) is 2.77. The molecule has 1 aliphatic rings. The zero-order valence-corrected chi connectivity index (χ0v) is 5.89. The lowest BCUT2D eigenvalue weighted by Crippen LogP contribution is -2.11. The second kappa shape index (κ2) is 2.43. The van der Waals surface area contributed by atoms with Crippen molar-refractivity contribution in [1.29, 1.82) is 0 Å². The Balaban J connectivity index is 2.50. The molecule has 0 fully saturated rings. The third kappa shape index (κ3) is 1.48. The number of carboxylic acids is 1. The fraction of sp³-hybridized carbons (Fsp3) is 0.500. The standard InChI is InChI=1S/C6H8O2S/c1-4-2-3-5(9-4)6(7)8/h2-5H,1H3,(H,7,8)/t4-,5-/m0/s1. The van der Waals surface area contributed by atoms with Gasteiger partial charge in [-0.25, -0.2) is 0 Å². The lowest BCUT2D eigenvalue weighted by molar-refractivity contribution is -0.135. The molecule has 1 rings (SSSR count). The van der Waals surface area contributed by atoms with Crippen molar-refractivity contribution < 1.29 is 9.90 Å². The molecule has 0 saturated heterocycles. The average molecular weight is 144 g/mol. The van der Waals surface area contributed by atoms with Crippen molar-refractivity contribution in [3.8, 4) is 0 Å². The molecule has 0 unspecified atom stereocenters. The van der Waals surface area contributed by atoms with Gasteiger partial charge in [-0.05, 0) is 6.92 Å². The van der Waals surface area contributed by atoms with Gasteiger partial charge in [0.2, 0.25) is 0 Å². The molecule has 0 spiro atoms. The fourth-order valence-corrected chi connectivity index (χ4v) is 1.66. The van der Waals surface area contributed by atoms with E-state index in [4.69, 9.17) is 5.11 Å². The van der Waals surface area contributed by atoms with Crippen molar-refractivity contribution >= 4 is 17.7 Å². The molecular weight excluding hydrogens is 136 g/mol. The largest absolute Gasteiger partial charge is 0.480 e. The average Bonchev–Trinajstić information content (AvgIpc) is 2.14. The molecule has 1 N–H and O–H groups in total. The summed E-state index contributed by atoms with van der Waals surface area (Å²) in [4.78, 5) is 10.3. The summed E-state index contributed by atoms with van der Waals surface area (Å²) in [6.45, 7) is 1.99. The highest BCUT2D eigenvalue weighted by atomic mass is 32.2. The summed E-state index contributed by atoms with van der Waals surface area (Å²) >= 11 is 1.46. The van der Waals surface area contributed by atoms with E-state index < -0.39 is 5.97 Å². The van der Waals surface area contributed by atoms with Crippen molar-refractivity contribution in [2.24, 2.45) is 0 Å². The van der Waals surface area contributed by atoms with E-state index in [1.54, 1.807) is 6.08 Å². The van der Waals surface area contributed by atoms with Crippen LogP contribution in [0.25, 0.3) is 0 Å². The van der Waals surface area contributed by atoms with Crippen LogP contribution in [0.3, 0.4) is 0 Å². The summed E-state index contributed by atoms with van der Waals surface area (Å²) in [6, 6.07) is 0. The van der Waals surface area contributed by atoms with Crippen LogP contribution >= 0.6 is 11.8 Å². The number of aliphatic carboxylic acids is 1. The molecule has 50 valence electrons. The van der Waals surface area contributed by atoms with Crippen molar-refractivity contribution in [2.75, 3.05) is 0 Å². The topological polar surface area (TPSA) is 37.3 Å².